The second kappa shape index (κ2) is 10.9. The Hall–Kier alpha value is -3.43. The summed E-state index contributed by atoms with van der Waals surface area (Å²) in [6.45, 7) is 5.64. The molecule has 1 aromatic heterocycles. The first-order valence-electron chi connectivity index (χ1n) is 12.2. The second-order valence-electron chi connectivity index (χ2n) is 9.17. The lowest BCUT2D eigenvalue weighted by Crippen LogP contribution is -2.36. The highest BCUT2D eigenvalue weighted by Crippen LogP contribution is 2.35. The number of ether oxygens (including phenoxy) is 2. The van der Waals surface area contributed by atoms with Crippen molar-refractivity contribution in [2.45, 2.75) is 57.1 Å². The summed E-state index contributed by atoms with van der Waals surface area (Å²) in [6, 6.07) is 15.6. The summed E-state index contributed by atoms with van der Waals surface area (Å²) >= 11 is 0. The predicted molar refractivity (Wildman–Crippen MR) is 137 cm³/mol. The average Bonchev–Trinajstić information content (AvgIpc) is 3.34. The van der Waals surface area contributed by atoms with Gasteiger partial charge in [-0.1, -0.05) is 37.3 Å². The van der Waals surface area contributed by atoms with Crippen LogP contribution in [0.5, 0.6) is 5.75 Å². The number of benzene rings is 2. The molecule has 37 heavy (non-hydrogen) atoms. The van der Waals surface area contributed by atoms with Gasteiger partial charge >= 0.3 is 5.97 Å². The molecule has 0 fully saturated rings. The highest BCUT2D eigenvalue weighted by molar-refractivity contribution is 7.89. The molecule has 0 saturated heterocycles. The van der Waals surface area contributed by atoms with Crippen molar-refractivity contribution in [2.75, 3.05) is 13.7 Å². The Labute approximate surface area is 217 Å². The van der Waals surface area contributed by atoms with Crippen molar-refractivity contribution in [1.29, 1.82) is 0 Å². The van der Waals surface area contributed by atoms with Gasteiger partial charge in [0.2, 0.25) is 10.0 Å². The van der Waals surface area contributed by atoms with Crippen LogP contribution in [0.1, 0.15) is 65.6 Å². The molecule has 2 aromatic carbocycles. The average molecular weight is 526 g/mol. The number of carbonyl (C=O) groups is 2. The van der Waals surface area contributed by atoms with E-state index in [1.807, 2.05) is 32.0 Å². The fourth-order valence-electron chi connectivity index (χ4n) is 4.43. The van der Waals surface area contributed by atoms with Crippen molar-refractivity contribution < 1.29 is 31.9 Å². The molecule has 3 aromatic rings. The van der Waals surface area contributed by atoms with Gasteiger partial charge in [-0.3, -0.25) is 9.59 Å². The standard InChI is InChI=1S/C28H31NO7S/c1-5-22-17-29(37(32,33)27-9-7-6-8-26(27)35-22)16-21-14-20(11-10-18(21)2)23(15-28(31)34-4)25-13-12-24(36-25)19(3)30/h6-14,22-23H,5,15-17H2,1-4H3/t22-,23?/m1/s1. The molecule has 1 aliphatic heterocycles. The number of furan rings is 1. The van der Waals surface area contributed by atoms with Crippen molar-refractivity contribution in [1.82, 2.24) is 4.31 Å². The third-order valence-corrected chi connectivity index (χ3v) is 8.51. The normalized spacial score (nSPS) is 17.8. The van der Waals surface area contributed by atoms with Crippen molar-refractivity contribution in [3.8, 4) is 5.75 Å². The molecule has 196 valence electrons. The minimum Gasteiger partial charge on any atom is -0.488 e. The quantitative estimate of drug-likeness (QED) is 0.306. The van der Waals surface area contributed by atoms with E-state index in [0.29, 0.717) is 17.9 Å². The third-order valence-electron chi connectivity index (χ3n) is 6.66. The van der Waals surface area contributed by atoms with Crippen LogP contribution >= 0.6 is 0 Å². The first kappa shape index (κ1) is 26.6. The zero-order valence-electron chi connectivity index (χ0n) is 21.4. The lowest BCUT2D eigenvalue weighted by molar-refractivity contribution is -0.140. The van der Waals surface area contributed by atoms with Crippen LogP contribution < -0.4 is 4.74 Å². The number of Topliss-reactive ketones (excluding diaryl/α,β-unsaturated/α-hetero) is 1. The smallest absolute Gasteiger partial charge is 0.306 e. The Morgan fingerprint density at radius 2 is 1.89 bits per heavy atom. The summed E-state index contributed by atoms with van der Waals surface area (Å²) in [5, 5.41) is 0. The van der Waals surface area contributed by atoms with Gasteiger partial charge in [-0.05, 0) is 54.3 Å². The van der Waals surface area contributed by atoms with Crippen molar-refractivity contribution in [2.24, 2.45) is 0 Å². The second-order valence-corrected chi connectivity index (χ2v) is 11.1. The van der Waals surface area contributed by atoms with Crippen LogP contribution in [0.25, 0.3) is 0 Å². The zero-order valence-corrected chi connectivity index (χ0v) is 22.2. The molecule has 2 heterocycles. The van der Waals surface area contributed by atoms with Gasteiger partial charge in [-0.25, -0.2) is 8.42 Å². The number of hydrogen-bond donors (Lipinski definition) is 0. The fraction of sp³-hybridized carbons (Fsp3) is 0.357. The Morgan fingerprint density at radius 3 is 2.57 bits per heavy atom. The van der Waals surface area contributed by atoms with Gasteiger partial charge in [-0.2, -0.15) is 4.31 Å². The lowest BCUT2D eigenvalue weighted by Gasteiger charge is -2.24. The summed E-state index contributed by atoms with van der Waals surface area (Å²) in [6.07, 6.45) is 0.366. The monoisotopic (exact) mass is 525 g/mol. The molecule has 9 heteroatoms. The van der Waals surface area contributed by atoms with Crippen LogP contribution in [0.2, 0.25) is 0 Å². The highest BCUT2D eigenvalue weighted by Gasteiger charge is 2.34. The molecular weight excluding hydrogens is 494 g/mol. The van der Waals surface area contributed by atoms with Crippen LogP contribution in [0.3, 0.4) is 0 Å². The summed E-state index contributed by atoms with van der Waals surface area (Å²) in [5.74, 6) is -0.125. The van der Waals surface area contributed by atoms with Gasteiger partial charge in [0.05, 0.1) is 26.0 Å². The maximum atomic E-state index is 13.6. The van der Waals surface area contributed by atoms with E-state index in [0.717, 1.165) is 16.7 Å². The molecule has 1 unspecified atom stereocenters. The summed E-state index contributed by atoms with van der Waals surface area (Å²) in [5.41, 5.74) is 2.46. The maximum Gasteiger partial charge on any atom is 0.306 e. The number of esters is 1. The van der Waals surface area contributed by atoms with E-state index in [4.69, 9.17) is 13.9 Å². The maximum absolute atomic E-state index is 13.6. The highest BCUT2D eigenvalue weighted by atomic mass is 32.2. The largest absolute Gasteiger partial charge is 0.488 e. The molecule has 4 rings (SSSR count). The molecule has 0 amide bonds. The Kier molecular flexibility index (Phi) is 7.85. The van der Waals surface area contributed by atoms with Crippen LogP contribution in [-0.4, -0.2) is 44.2 Å². The van der Waals surface area contributed by atoms with E-state index in [2.05, 4.69) is 0 Å². The minimum atomic E-state index is -3.81. The van der Waals surface area contributed by atoms with Crippen LogP contribution in [0.4, 0.5) is 0 Å². The fourth-order valence-corrected chi connectivity index (χ4v) is 6.00. The van der Waals surface area contributed by atoms with Crippen molar-refractivity contribution >= 4 is 21.8 Å². The number of aryl methyl sites for hydroxylation is 1. The Bertz CT molecular complexity index is 1410. The molecule has 0 aliphatic carbocycles. The number of nitrogens with zero attached hydrogens (tertiary/aromatic N) is 1. The number of rotatable bonds is 8. The molecule has 0 spiro atoms. The van der Waals surface area contributed by atoms with Gasteiger partial charge < -0.3 is 13.9 Å². The van der Waals surface area contributed by atoms with E-state index in [-0.39, 0.29) is 42.1 Å². The van der Waals surface area contributed by atoms with Crippen molar-refractivity contribution in [3.05, 3.63) is 82.8 Å². The number of methoxy groups -OCH3 is 1. The van der Waals surface area contributed by atoms with Gasteiger partial charge in [0.1, 0.15) is 22.5 Å². The molecule has 2 atom stereocenters. The number of hydrogen-bond acceptors (Lipinski definition) is 7. The van der Waals surface area contributed by atoms with Gasteiger partial charge in [0.25, 0.3) is 0 Å². The molecule has 1 aliphatic rings. The van der Waals surface area contributed by atoms with E-state index in [1.54, 1.807) is 36.4 Å². The van der Waals surface area contributed by atoms with Gasteiger partial charge in [-0.15, -0.1) is 0 Å². The Balaban J connectivity index is 1.73. The molecule has 0 bridgehead atoms. The predicted octanol–water partition coefficient (Wildman–Crippen LogP) is 4.85. The van der Waals surface area contributed by atoms with Crippen molar-refractivity contribution in [3.63, 3.8) is 0 Å². The van der Waals surface area contributed by atoms with E-state index >= 15 is 0 Å². The number of ketones is 1. The summed E-state index contributed by atoms with van der Waals surface area (Å²) < 4.78 is 45.4. The number of para-hydroxylation sites is 1. The summed E-state index contributed by atoms with van der Waals surface area (Å²) in [4.78, 5) is 24.2. The van der Waals surface area contributed by atoms with E-state index in [9.17, 15) is 18.0 Å². The third kappa shape index (κ3) is 5.62. The molecular formula is C28H31NO7S. The molecule has 0 N–H and O–H groups in total. The van der Waals surface area contributed by atoms with E-state index < -0.39 is 21.9 Å². The minimum absolute atomic E-state index is 0.00496. The molecule has 0 radical (unpaired) electrons. The number of carbonyl (C=O) groups excluding carboxylic acids is 2. The molecule has 8 nitrogen and oxygen atoms in total. The zero-order chi connectivity index (χ0) is 26.7. The van der Waals surface area contributed by atoms with Crippen LogP contribution in [-0.2, 0) is 26.1 Å². The van der Waals surface area contributed by atoms with Gasteiger partial charge in [0.15, 0.2) is 11.5 Å². The van der Waals surface area contributed by atoms with Gasteiger partial charge in [0, 0.05) is 13.5 Å². The number of sulfonamides is 1. The first-order valence-corrected chi connectivity index (χ1v) is 13.6. The first-order chi connectivity index (χ1) is 17.6. The van der Waals surface area contributed by atoms with Crippen LogP contribution in [0.15, 0.2) is 63.9 Å². The number of fused-ring (bicyclic) bond motifs is 1. The SMILES string of the molecule is CC[C@@H]1CN(Cc2cc(C(CC(=O)OC)c3ccc(C(C)=O)o3)ccc2C)S(=O)(=O)c2ccccc2O1. The summed E-state index contributed by atoms with van der Waals surface area (Å²) in [7, 11) is -2.50. The lowest BCUT2D eigenvalue weighted by atomic mass is 9.90. The van der Waals surface area contributed by atoms with E-state index in [1.165, 1.54) is 18.3 Å². The molecule has 0 saturated carbocycles. The topological polar surface area (TPSA) is 103 Å². The van der Waals surface area contributed by atoms with Crippen LogP contribution in [0, 0.1) is 6.92 Å². The Morgan fingerprint density at radius 1 is 1.14 bits per heavy atom.